The molecular weight excluding hydrogens is 228 g/mol. The lowest BCUT2D eigenvalue weighted by Crippen LogP contribution is -1.63. The van der Waals surface area contributed by atoms with Gasteiger partial charge in [-0.25, -0.2) is 0 Å². The van der Waals surface area contributed by atoms with Crippen molar-refractivity contribution in [2.45, 2.75) is 0 Å². The highest BCUT2D eigenvalue weighted by atomic mass is 15.3. The van der Waals surface area contributed by atoms with Gasteiger partial charge in [0.15, 0.2) is 0 Å². The van der Waals surface area contributed by atoms with Crippen LogP contribution in [0.3, 0.4) is 0 Å². The first-order valence-corrected chi connectivity index (χ1v) is 5.44. The Morgan fingerprint density at radius 1 is 0.500 bits per heavy atom. The standard InChI is InChI=1S/2C6H5N3/c2*1-2-4-6-5(3-1)7-9-8-6/h2*1-4H,(H,7,8,9). The summed E-state index contributed by atoms with van der Waals surface area (Å²) in [5, 5.41) is 20.6. The molecule has 0 aliphatic carbocycles. The Bertz CT molecular complexity index is 631. The number of nitrogens with zero attached hydrogens (tertiary/aromatic N) is 4. The summed E-state index contributed by atoms with van der Waals surface area (Å²) in [6, 6.07) is 15.4. The summed E-state index contributed by atoms with van der Waals surface area (Å²) in [6.07, 6.45) is 0. The van der Waals surface area contributed by atoms with Crippen molar-refractivity contribution in [3.63, 3.8) is 0 Å². The van der Waals surface area contributed by atoms with Gasteiger partial charge in [-0.1, -0.05) is 24.3 Å². The Kier molecular flexibility index (Phi) is 2.67. The average molecular weight is 238 g/mol. The van der Waals surface area contributed by atoms with E-state index in [4.69, 9.17) is 0 Å². The second-order valence-corrected chi connectivity index (χ2v) is 3.62. The highest BCUT2D eigenvalue weighted by Gasteiger charge is 1.91. The molecule has 88 valence electrons. The average Bonchev–Trinajstić information content (AvgIpc) is 3.08. The molecule has 0 aliphatic heterocycles. The zero-order chi connectivity index (χ0) is 12.2. The Morgan fingerprint density at radius 3 is 1.06 bits per heavy atom. The van der Waals surface area contributed by atoms with Gasteiger partial charge in [0.25, 0.3) is 0 Å². The molecule has 2 aromatic carbocycles. The van der Waals surface area contributed by atoms with Crippen LogP contribution in [0.4, 0.5) is 0 Å². The molecule has 6 heteroatoms. The molecule has 4 rings (SSSR count). The first-order chi connectivity index (χ1) is 8.93. The van der Waals surface area contributed by atoms with E-state index in [9.17, 15) is 0 Å². The third-order valence-electron chi connectivity index (χ3n) is 2.45. The number of hydrogen-bond acceptors (Lipinski definition) is 4. The fraction of sp³-hybridized carbons (Fsp3) is 0. The molecule has 0 aliphatic rings. The van der Waals surface area contributed by atoms with Crippen molar-refractivity contribution >= 4 is 22.1 Å². The first kappa shape index (κ1) is 10.4. The predicted molar refractivity (Wildman–Crippen MR) is 67.8 cm³/mol. The summed E-state index contributed by atoms with van der Waals surface area (Å²) >= 11 is 0. The van der Waals surface area contributed by atoms with Crippen molar-refractivity contribution in [2.75, 3.05) is 0 Å². The van der Waals surface area contributed by atoms with E-state index in [0.717, 1.165) is 22.1 Å². The minimum atomic E-state index is 0.914. The lowest BCUT2D eigenvalue weighted by molar-refractivity contribution is 0.959. The summed E-state index contributed by atoms with van der Waals surface area (Å²) in [7, 11) is 0. The fourth-order valence-corrected chi connectivity index (χ4v) is 1.57. The molecule has 0 saturated heterocycles. The second kappa shape index (κ2) is 4.62. The van der Waals surface area contributed by atoms with E-state index in [0.29, 0.717) is 0 Å². The minimum Gasteiger partial charge on any atom is -0.197 e. The molecule has 0 atom stereocenters. The van der Waals surface area contributed by atoms with Crippen LogP contribution in [0.25, 0.3) is 22.1 Å². The van der Waals surface area contributed by atoms with Crippen molar-refractivity contribution in [2.24, 2.45) is 0 Å². The summed E-state index contributed by atoms with van der Waals surface area (Å²) in [5.74, 6) is 0. The molecule has 6 nitrogen and oxygen atoms in total. The predicted octanol–water partition coefficient (Wildman–Crippen LogP) is 1.92. The maximum atomic E-state index is 3.88. The normalized spacial score (nSPS) is 10.2. The van der Waals surface area contributed by atoms with Gasteiger partial charge in [0.1, 0.15) is 22.1 Å². The van der Waals surface area contributed by atoms with Crippen molar-refractivity contribution in [1.82, 2.24) is 30.8 Å². The number of benzene rings is 2. The maximum Gasteiger partial charge on any atom is 0.112 e. The molecule has 0 unspecified atom stereocenters. The third-order valence-corrected chi connectivity index (χ3v) is 2.45. The number of aromatic amines is 2. The van der Waals surface area contributed by atoms with Crippen LogP contribution in [-0.2, 0) is 0 Å². The van der Waals surface area contributed by atoms with Crippen LogP contribution in [-0.4, -0.2) is 30.8 Å². The zero-order valence-electron chi connectivity index (χ0n) is 9.41. The van der Waals surface area contributed by atoms with Gasteiger partial charge >= 0.3 is 0 Å². The van der Waals surface area contributed by atoms with E-state index < -0.39 is 0 Å². The second-order valence-electron chi connectivity index (χ2n) is 3.62. The van der Waals surface area contributed by atoms with Gasteiger partial charge in [-0.2, -0.15) is 30.8 Å². The SMILES string of the molecule is c1ccc2n[nH]nc2c1.c1ccc2n[nH]nc2c1. The van der Waals surface area contributed by atoms with E-state index in [1.165, 1.54) is 0 Å². The van der Waals surface area contributed by atoms with Gasteiger partial charge in [0.05, 0.1) is 0 Å². The molecule has 2 N–H and O–H groups in total. The first-order valence-electron chi connectivity index (χ1n) is 5.44. The van der Waals surface area contributed by atoms with E-state index >= 15 is 0 Å². The Morgan fingerprint density at radius 2 is 0.778 bits per heavy atom. The molecule has 0 amide bonds. The van der Waals surface area contributed by atoms with Crippen molar-refractivity contribution < 1.29 is 0 Å². The zero-order valence-corrected chi connectivity index (χ0v) is 9.41. The van der Waals surface area contributed by atoms with Crippen LogP contribution in [0.15, 0.2) is 48.5 Å². The van der Waals surface area contributed by atoms with E-state index in [-0.39, 0.29) is 0 Å². The molecule has 2 heterocycles. The quantitative estimate of drug-likeness (QED) is 0.490. The van der Waals surface area contributed by atoms with Crippen LogP contribution in [0.1, 0.15) is 0 Å². The van der Waals surface area contributed by atoms with Crippen LogP contribution in [0.5, 0.6) is 0 Å². The summed E-state index contributed by atoms with van der Waals surface area (Å²) < 4.78 is 0. The lowest BCUT2D eigenvalue weighted by Gasteiger charge is -1.78. The summed E-state index contributed by atoms with van der Waals surface area (Å²) in [5.41, 5.74) is 3.66. The van der Waals surface area contributed by atoms with Gasteiger partial charge in [-0.05, 0) is 24.3 Å². The fourth-order valence-electron chi connectivity index (χ4n) is 1.57. The van der Waals surface area contributed by atoms with E-state index in [1.54, 1.807) is 0 Å². The van der Waals surface area contributed by atoms with Gasteiger partial charge in [-0.15, -0.1) is 0 Å². The Balaban J connectivity index is 0.000000111. The van der Waals surface area contributed by atoms with Crippen molar-refractivity contribution in [3.05, 3.63) is 48.5 Å². The van der Waals surface area contributed by atoms with Crippen molar-refractivity contribution in [1.29, 1.82) is 0 Å². The van der Waals surface area contributed by atoms with E-state index in [2.05, 4.69) is 30.8 Å². The van der Waals surface area contributed by atoms with Gasteiger partial charge < -0.3 is 0 Å². The summed E-state index contributed by atoms with van der Waals surface area (Å²) in [6.45, 7) is 0. The highest BCUT2D eigenvalue weighted by Crippen LogP contribution is 2.04. The van der Waals surface area contributed by atoms with Gasteiger partial charge in [0.2, 0.25) is 0 Å². The van der Waals surface area contributed by atoms with Gasteiger partial charge in [0, 0.05) is 0 Å². The van der Waals surface area contributed by atoms with Crippen LogP contribution < -0.4 is 0 Å². The lowest BCUT2D eigenvalue weighted by atomic mass is 10.3. The number of aromatic nitrogens is 6. The van der Waals surface area contributed by atoms with Crippen LogP contribution >= 0.6 is 0 Å². The Labute approximate surface area is 102 Å². The molecule has 4 aromatic rings. The number of hydrogen-bond donors (Lipinski definition) is 2. The highest BCUT2D eigenvalue weighted by molar-refractivity contribution is 5.73. The topological polar surface area (TPSA) is 83.1 Å². The molecule has 18 heavy (non-hydrogen) atoms. The number of fused-ring (bicyclic) bond motifs is 2. The largest absolute Gasteiger partial charge is 0.197 e. The Hall–Kier alpha value is -2.76. The summed E-state index contributed by atoms with van der Waals surface area (Å²) in [4.78, 5) is 0. The molecule has 0 radical (unpaired) electrons. The smallest absolute Gasteiger partial charge is 0.112 e. The molecule has 0 fully saturated rings. The monoisotopic (exact) mass is 238 g/mol. The number of H-pyrrole nitrogens is 2. The van der Waals surface area contributed by atoms with E-state index in [1.807, 2.05) is 48.5 Å². The molecule has 2 aromatic heterocycles. The van der Waals surface area contributed by atoms with Crippen LogP contribution in [0.2, 0.25) is 0 Å². The molecule has 0 spiro atoms. The number of para-hydroxylation sites is 4. The number of nitrogens with one attached hydrogen (secondary N) is 2. The molecule has 0 saturated carbocycles. The number of rotatable bonds is 0. The third kappa shape index (κ3) is 2.03. The molecular formula is C12H10N6. The maximum absolute atomic E-state index is 3.88. The minimum absolute atomic E-state index is 0.914. The van der Waals surface area contributed by atoms with Crippen molar-refractivity contribution in [3.8, 4) is 0 Å². The molecule has 0 bridgehead atoms. The van der Waals surface area contributed by atoms with Crippen LogP contribution in [0, 0.1) is 0 Å². The van der Waals surface area contributed by atoms with Gasteiger partial charge in [-0.3, -0.25) is 0 Å².